The topological polar surface area (TPSA) is 88.4 Å². The van der Waals surface area contributed by atoms with Gasteiger partial charge in [-0.1, -0.05) is 19.3 Å². The van der Waals surface area contributed by atoms with Crippen LogP contribution in [0.5, 0.6) is 0 Å². The Balaban J connectivity index is 1.52. The molecular formula is C18H23N5O2. The van der Waals surface area contributed by atoms with Gasteiger partial charge in [0.15, 0.2) is 5.65 Å². The van der Waals surface area contributed by atoms with Gasteiger partial charge >= 0.3 is 0 Å². The Hall–Kier alpha value is -2.44. The van der Waals surface area contributed by atoms with Crippen LogP contribution < -0.4 is 10.6 Å². The Kier molecular flexibility index (Phi) is 4.38. The van der Waals surface area contributed by atoms with Gasteiger partial charge in [0, 0.05) is 18.8 Å². The molecule has 0 radical (unpaired) electrons. The molecule has 0 bridgehead atoms. The molecule has 2 aliphatic rings. The summed E-state index contributed by atoms with van der Waals surface area (Å²) in [6, 6.07) is 1.77. The largest absolute Gasteiger partial charge is 0.351 e. The monoisotopic (exact) mass is 341 g/mol. The number of hydrogen-bond donors (Lipinski definition) is 2. The first-order valence-corrected chi connectivity index (χ1v) is 9.11. The van der Waals surface area contributed by atoms with Crippen molar-refractivity contribution in [2.75, 3.05) is 0 Å². The molecule has 0 aromatic carbocycles. The fraction of sp³-hybridized carbons (Fsp3) is 0.556. The van der Waals surface area contributed by atoms with Crippen molar-refractivity contribution >= 4 is 17.5 Å². The van der Waals surface area contributed by atoms with Crippen LogP contribution in [0.4, 0.5) is 0 Å². The van der Waals surface area contributed by atoms with Crippen molar-refractivity contribution < 1.29 is 9.59 Å². The maximum absolute atomic E-state index is 12.8. The standard InChI is InChI=1S/C18H23N5O2/c24-15-8-7-14(16(22-15)12-5-2-1-3-6-12)21-18(25)13-11-20-23-10-4-9-19-17(13)23/h4,9-12,14,16H,1-3,5-8H2,(H,21,25)(H,22,24). The van der Waals surface area contributed by atoms with Gasteiger partial charge in [-0.05, 0) is 31.2 Å². The van der Waals surface area contributed by atoms with E-state index in [1.54, 1.807) is 29.2 Å². The number of piperidine rings is 1. The molecule has 1 aliphatic heterocycles. The fourth-order valence-corrected chi connectivity index (χ4v) is 4.16. The zero-order chi connectivity index (χ0) is 17.2. The van der Waals surface area contributed by atoms with Crippen LogP contribution in [0.3, 0.4) is 0 Å². The van der Waals surface area contributed by atoms with Crippen LogP contribution in [0.2, 0.25) is 0 Å². The van der Waals surface area contributed by atoms with Gasteiger partial charge in [0.25, 0.3) is 5.91 Å². The molecule has 7 nitrogen and oxygen atoms in total. The Morgan fingerprint density at radius 3 is 2.92 bits per heavy atom. The first-order valence-electron chi connectivity index (χ1n) is 9.11. The first-order chi connectivity index (χ1) is 12.2. The molecule has 2 aromatic rings. The van der Waals surface area contributed by atoms with E-state index in [2.05, 4.69) is 20.7 Å². The number of amides is 2. The minimum absolute atomic E-state index is 0.0281. The number of nitrogens with one attached hydrogen (secondary N) is 2. The molecule has 2 fully saturated rings. The summed E-state index contributed by atoms with van der Waals surface area (Å²) < 4.78 is 1.59. The van der Waals surface area contributed by atoms with E-state index in [0.29, 0.717) is 30.0 Å². The lowest BCUT2D eigenvalue weighted by atomic mass is 9.78. The normalized spacial score (nSPS) is 24.9. The molecule has 132 valence electrons. The highest BCUT2D eigenvalue weighted by molar-refractivity contribution is 5.99. The lowest BCUT2D eigenvalue weighted by Gasteiger charge is -2.39. The van der Waals surface area contributed by atoms with Crippen LogP contribution in [0.25, 0.3) is 5.65 Å². The smallest absolute Gasteiger partial charge is 0.257 e. The van der Waals surface area contributed by atoms with Crippen molar-refractivity contribution in [3.8, 4) is 0 Å². The van der Waals surface area contributed by atoms with Crippen LogP contribution in [0.1, 0.15) is 55.3 Å². The van der Waals surface area contributed by atoms with Crippen molar-refractivity contribution in [1.29, 1.82) is 0 Å². The predicted molar refractivity (Wildman–Crippen MR) is 92.0 cm³/mol. The van der Waals surface area contributed by atoms with E-state index >= 15 is 0 Å². The highest BCUT2D eigenvalue weighted by Gasteiger charge is 2.36. The van der Waals surface area contributed by atoms with Gasteiger partial charge in [-0.25, -0.2) is 9.50 Å². The lowest BCUT2D eigenvalue weighted by Crippen LogP contribution is -2.58. The first kappa shape index (κ1) is 16.1. The number of nitrogens with zero attached hydrogens (tertiary/aromatic N) is 3. The van der Waals surface area contributed by atoms with Crippen LogP contribution in [-0.2, 0) is 4.79 Å². The van der Waals surface area contributed by atoms with Crippen molar-refractivity contribution in [3.63, 3.8) is 0 Å². The molecule has 2 aromatic heterocycles. The van der Waals surface area contributed by atoms with Crippen molar-refractivity contribution in [2.45, 2.75) is 57.0 Å². The number of carbonyl (C=O) groups is 2. The minimum Gasteiger partial charge on any atom is -0.351 e. The summed E-state index contributed by atoms with van der Waals surface area (Å²) in [5.41, 5.74) is 1.02. The number of carbonyl (C=O) groups excluding carboxylic acids is 2. The van der Waals surface area contributed by atoms with Crippen LogP contribution >= 0.6 is 0 Å². The molecular weight excluding hydrogens is 318 g/mol. The summed E-state index contributed by atoms with van der Waals surface area (Å²) in [5.74, 6) is 0.375. The molecule has 2 atom stereocenters. The van der Waals surface area contributed by atoms with Crippen LogP contribution in [0.15, 0.2) is 24.7 Å². The second-order valence-corrected chi connectivity index (χ2v) is 7.06. The maximum atomic E-state index is 12.8. The molecule has 1 saturated heterocycles. The third kappa shape index (κ3) is 3.23. The average molecular weight is 341 g/mol. The van der Waals surface area contributed by atoms with Crippen molar-refractivity contribution in [2.24, 2.45) is 5.92 Å². The highest BCUT2D eigenvalue weighted by atomic mass is 16.2. The second-order valence-electron chi connectivity index (χ2n) is 7.06. The summed E-state index contributed by atoms with van der Waals surface area (Å²) in [7, 11) is 0. The van der Waals surface area contributed by atoms with Crippen LogP contribution in [0, 0.1) is 5.92 Å². The lowest BCUT2D eigenvalue weighted by molar-refractivity contribution is -0.124. The van der Waals surface area contributed by atoms with E-state index in [1.807, 2.05) is 0 Å². The molecule has 2 amide bonds. The molecule has 7 heteroatoms. The summed E-state index contributed by atoms with van der Waals surface area (Å²) in [5, 5.41) is 10.4. The minimum atomic E-state index is -0.171. The van der Waals surface area contributed by atoms with E-state index in [9.17, 15) is 9.59 Å². The van der Waals surface area contributed by atoms with Gasteiger partial charge in [-0.3, -0.25) is 9.59 Å². The zero-order valence-electron chi connectivity index (χ0n) is 14.1. The third-order valence-corrected chi connectivity index (χ3v) is 5.44. The Labute approximate surface area is 146 Å². The molecule has 25 heavy (non-hydrogen) atoms. The summed E-state index contributed by atoms with van der Waals surface area (Å²) in [6.07, 6.45) is 12.0. The van der Waals surface area contributed by atoms with Gasteiger partial charge in [-0.2, -0.15) is 5.10 Å². The molecule has 3 heterocycles. The third-order valence-electron chi connectivity index (χ3n) is 5.44. The molecule has 2 unspecified atom stereocenters. The average Bonchev–Trinajstić information content (AvgIpc) is 3.08. The van der Waals surface area contributed by atoms with E-state index in [1.165, 1.54) is 19.3 Å². The fourth-order valence-electron chi connectivity index (χ4n) is 4.16. The Morgan fingerprint density at radius 2 is 2.08 bits per heavy atom. The van der Waals surface area contributed by atoms with Gasteiger partial charge in [0.1, 0.15) is 5.56 Å². The highest BCUT2D eigenvalue weighted by Crippen LogP contribution is 2.30. The van der Waals surface area contributed by atoms with Crippen LogP contribution in [-0.4, -0.2) is 38.5 Å². The van der Waals surface area contributed by atoms with E-state index in [-0.39, 0.29) is 23.9 Å². The van der Waals surface area contributed by atoms with Crippen molar-refractivity contribution in [1.82, 2.24) is 25.2 Å². The summed E-state index contributed by atoms with van der Waals surface area (Å²) in [4.78, 5) is 28.9. The molecule has 1 saturated carbocycles. The zero-order valence-corrected chi connectivity index (χ0v) is 14.1. The second kappa shape index (κ2) is 6.82. The predicted octanol–water partition coefficient (Wildman–Crippen LogP) is 1.69. The summed E-state index contributed by atoms with van der Waals surface area (Å²) in [6.45, 7) is 0. The van der Waals surface area contributed by atoms with Gasteiger partial charge in [-0.15, -0.1) is 0 Å². The van der Waals surface area contributed by atoms with Gasteiger partial charge in [0.05, 0.1) is 18.3 Å². The number of aromatic nitrogens is 3. The van der Waals surface area contributed by atoms with E-state index in [0.717, 1.165) is 12.8 Å². The van der Waals surface area contributed by atoms with Gasteiger partial charge < -0.3 is 10.6 Å². The summed E-state index contributed by atoms with van der Waals surface area (Å²) >= 11 is 0. The molecule has 1 aliphatic carbocycles. The van der Waals surface area contributed by atoms with E-state index in [4.69, 9.17) is 0 Å². The number of hydrogen-bond acceptors (Lipinski definition) is 4. The van der Waals surface area contributed by atoms with Gasteiger partial charge in [0.2, 0.25) is 5.91 Å². The molecule has 2 N–H and O–H groups in total. The number of fused-ring (bicyclic) bond motifs is 1. The molecule has 4 rings (SSSR count). The quantitative estimate of drug-likeness (QED) is 0.889. The van der Waals surface area contributed by atoms with Crippen molar-refractivity contribution in [3.05, 3.63) is 30.2 Å². The Morgan fingerprint density at radius 1 is 1.24 bits per heavy atom. The van der Waals surface area contributed by atoms with E-state index < -0.39 is 0 Å². The SMILES string of the molecule is O=C1CCC(NC(=O)c2cnn3cccnc23)C(C2CCCCC2)N1. The molecule has 0 spiro atoms. The Bertz CT molecular complexity index is 781. The number of rotatable bonds is 3. The maximum Gasteiger partial charge on any atom is 0.257 e.